The van der Waals surface area contributed by atoms with Crippen LogP contribution in [0.1, 0.15) is 28.3 Å². The van der Waals surface area contributed by atoms with Crippen LogP contribution in [0.3, 0.4) is 0 Å². The zero-order valence-corrected chi connectivity index (χ0v) is 21.3. The van der Waals surface area contributed by atoms with E-state index >= 15 is 0 Å². The summed E-state index contributed by atoms with van der Waals surface area (Å²) in [5.41, 5.74) is 3.90. The molecule has 0 spiro atoms. The molecule has 0 aromatic heterocycles. The van der Waals surface area contributed by atoms with Crippen molar-refractivity contribution in [2.24, 2.45) is 0 Å². The first-order valence-corrected chi connectivity index (χ1v) is 12.1. The maximum absolute atomic E-state index is 13.4. The molecule has 0 radical (unpaired) electrons. The van der Waals surface area contributed by atoms with Crippen LogP contribution in [-0.2, 0) is 17.9 Å². The molecular formula is C31H29N3O4. The van der Waals surface area contributed by atoms with Gasteiger partial charge in [-0.3, -0.25) is 4.79 Å². The standard InChI is InChI=1S/C31H29N3O4/c1-36-27-10-6-9-24(17-27)21-38-28-16-13-25(18-29(28)37-2)30(34-26-14-11-22(19-32)12-15-26)31(35)33-20-23-7-4-3-5-8-23/h3-18,30,34H,20-21H2,1-2H3,(H,33,35). The second kappa shape index (κ2) is 12.8. The molecule has 7 heteroatoms. The van der Waals surface area contributed by atoms with E-state index in [1.54, 1.807) is 50.6 Å². The molecule has 192 valence electrons. The largest absolute Gasteiger partial charge is 0.497 e. The number of ether oxygens (including phenoxy) is 3. The van der Waals surface area contributed by atoms with E-state index in [1.807, 2.05) is 60.7 Å². The van der Waals surface area contributed by atoms with Crippen LogP contribution in [0.15, 0.2) is 97.1 Å². The number of hydrogen-bond donors (Lipinski definition) is 2. The Balaban J connectivity index is 1.56. The Morgan fingerprint density at radius 1 is 0.842 bits per heavy atom. The topological polar surface area (TPSA) is 92.6 Å². The number of nitrogens with zero attached hydrogens (tertiary/aromatic N) is 1. The molecule has 4 aromatic rings. The van der Waals surface area contributed by atoms with Crippen LogP contribution in [0.4, 0.5) is 5.69 Å². The van der Waals surface area contributed by atoms with Crippen LogP contribution in [0, 0.1) is 11.3 Å². The van der Waals surface area contributed by atoms with Gasteiger partial charge in [-0.1, -0.05) is 48.5 Å². The van der Waals surface area contributed by atoms with Crippen molar-refractivity contribution in [1.29, 1.82) is 5.26 Å². The van der Waals surface area contributed by atoms with Crippen molar-refractivity contribution in [2.45, 2.75) is 19.2 Å². The number of benzene rings is 4. The predicted octanol–water partition coefficient (Wildman–Crippen LogP) is 5.62. The molecule has 4 aromatic carbocycles. The van der Waals surface area contributed by atoms with E-state index in [-0.39, 0.29) is 5.91 Å². The SMILES string of the molecule is COc1cccc(COc2ccc(C(Nc3ccc(C#N)cc3)C(=O)NCc3ccccc3)cc2OC)c1. The Morgan fingerprint density at radius 2 is 1.61 bits per heavy atom. The molecule has 0 saturated carbocycles. The van der Waals surface area contributed by atoms with Crippen molar-refractivity contribution >= 4 is 11.6 Å². The van der Waals surface area contributed by atoms with Crippen LogP contribution >= 0.6 is 0 Å². The smallest absolute Gasteiger partial charge is 0.247 e. The van der Waals surface area contributed by atoms with Crippen molar-refractivity contribution in [3.05, 3.63) is 119 Å². The zero-order valence-electron chi connectivity index (χ0n) is 21.3. The van der Waals surface area contributed by atoms with Crippen molar-refractivity contribution < 1.29 is 19.0 Å². The van der Waals surface area contributed by atoms with Gasteiger partial charge in [-0.05, 0) is 65.2 Å². The van der Waals surface area contributed by atoms with Gasteiger partial charge < -0.3 is 24.8 Å². The van der Waals surface area contributed by atoms with Crippen molar-refractivity contribution in [3.63, 3.8) is 0 Å². The average Bonchev–Trinajstić information content (AvgIpc) is 2.98. The molecule has 0 saturated heterocycles. The lowest BCUT2D eigenvalue weighted by Crippen LogP contribution is -2.33. The third-order valence-corrected chi connectivity index (χ3v) is 5.95. The predicted molar refractivity (Wildman–Crippen MR) is 146 cm³/mol. The van der Waals surface area contributed by atoms with E-state index in [4.69, 9.17) is 19.5 Å². The number of hydrogen-bond acceptors (Lipinski definition) is 6. The van der Waals surface area contributed by atoms with Gasteiger partial charge in [0.2, 0.25) is 5.91 Å². The molecule has 0 fully saturated rings. The van der Waals surface area contributed by atoms with Crippen LogP contribution < -0.4 is 24.8 Å². The number of nitrogens with one attached hydrogen (secondary N) is 2. The molecule has 0 aliphatic carbocycles. The molecule has 1 atom stereocenters. The van der Waals surface area contributed by atoms with E-state index in [1.165, 1.54) is 0 Å². The molecule has 7 nitrogen and oxygen atoms in total. The van der Waals surface area contributed by atoms with Gasteiger partial charge in [0.15, 0.2) is 11.5 Å². The highest BCUT2D eigenvalue weighted by molar-refractivity contribution is 5.86. The third-order valence-electron chi connectivity index (χ3n) is 5.95. The third kappa shape index (κ3) is 6.83. The summed E-state index contributed by atoms with van der Waals surface area (Å²) in [4.78, 5) is 13.4. The fourth-order valence-corrected chi connectivity index (χ4v) is 3.90. The molecule has 4 rings (SSSR count). The number of methoxy groups -OCH3 is 2. The second-order valence-electron chi connectivity index (χ2n) is 8.52. The lowest BCUT2D eigenvalue weighted by Gasteiger charge is -2.21. The van der Waals surface area contributed by atoms with Gasteiger partial charge in [-0.15, -0.1) is 0 Å². The summed E-state index contributed by atoms with van der Waals surface area (Å²) in [6.07, 6.45) is 0. The van der Waals surface area contributed by atoms with E-state index in [9.17, 15) is 4.79 Å². The number of rotatable bonds is 11. The fourth-order valence-electron chi connectivity index (χ4n) is 3.90. The molecule has 1 unspecified atom stereocenters. The molecule has 0 heterocycles. The zero-order chi connectivity index (χ0) is 26.7. The number of amides is 1. The minimum Gasteiger partial charge on any atom is -0.497 e. The number of nitriles is 1. The van der Waals surface area contributed by atoms with Crippen LogP contribution in [0.25, 0.3) is 0 Å². The van der Waals surface area contributed by atoms with Gasteiger partial charge in [0, 0.05) is 12.2 Å². The average molecular weight is 508 g/mol. The van der Waals surface area contributed by atoms with E-state index in [0.717, 1.165) is 16.9 Å². The summed E-state index contributed by atoms with van der Waals surface area (Å²) >= 11 is 0. The van der Waals surface area contributed by atoms with Gasteiger partial charge in [-0.2, -0.15) is 5.26 Å². The van der Waals surface area contributed by atoms with Crippen LogP contribution in [0.2, 0.25) is 0 Å². The highest BCUT2D eigenvalue weighted by Gasteiger charge is 2.22. The molecule has 38 heavy (non-hydrogen) atoms. The number of anilines is 1. The molecular weight excluding hydrogens is 478 g/mol. The van der Waals surface area contributed by atoms with Crippen LogP contribution in [-0.4, -0.2) is 20.1 Å². The Bertz CT molecular complexity index is 1400. The minimum atomic E-state index is -0.715. The summed E-state index contributed by atoms with van der Waals surface area (Å²) in [5.74, 6) is 1.62. The van der Waals surface area contributed by atoms with Crippen molar-refractivity contribution in [1.82, 2.24) is 5.32 Å². The van der Waals surface area contributed by atoms with Crippen molar-refractivity contribution in [2.75, 3.05) is 19.5 Å². The summed E-state index contributed by atoms with van der Waals surface area (Å²) in [7, 11) is 3.19. The highest BCUT2D eigenvalue weighted by atomic mass is 16.5. The Labute approximate surface area is 222 Å². The molecule has 2 N–H and O–H groups in total. The summed E-state index contributed by atoms with van der Waals surface area (Å²) in [6, 6.07) is 31.2. The lowest BCUT2D eigenvalue weighted by atomic mass is 10.0. The first kappa shape index (κ1) is 26.1. The fraction of sp³-hybridized carbons (Fsp3) is 0.161. The first-order chi connectivity index (χ1) is 18.6. The van der Waals surface area contributed by atoms with Crippen LogP contribution in [0.5, 0.6) is 17.2 Å². The van der Waals surface area contributed by atoms with Gasteiger partial charge >= 0.3 is 0 Å². The van der Waals surface area contributed by atoms with Gasteiger partial charge in [0.25, 0.3) is 0 Å². The summed E-state index contributed by atoms with van der Waals surface area (Å²) < 4.78 is 16.9. The van der Waals surface area contributed by atoms with E-state index in [0.29, 0.717) is 41.5 Å². The summed E-state index contributed by atoms with van der Waals surface area (Å²) in [5, 5.41) is 15.4. The maximum Gasteiger partial charge on any atom is 0.247 e. The number of carbonyl (C=O) groups is 1. The van der Waals surface area contributed by atoms with Crippen molar-refractivity contribution in [3.8, 4) is 23.3 Å². The first-order valence-electron chi connectivity index (χ1n) is 12.1. The number of carbonyl (C=O) groups excluding carboxylic acids is 1. The lowest BCUT2D eigenvalue weighted by molar-refractivity contribution is -0.122. The highest BCUT2D eigenvalue weighted by Crippen LogP contribution is 2.32. The quantitative estimate of drug-likeness (QED) is 0.274. The second-order valence-corrected chi connectivity index (χ2v) is 8.52. The molecule has 0 aliphatic heterocycles. The van der Waals surface area contributed by atoms with E-state index < -0.39 is 6.04 Å². The Morgan fingerprint density at radius 3 is 2.32 bits per heavy atom. The van der Waals surface area contributed by atoms with Gasteiger partial charge in [0.1, 0.15) is 18.4 Å². The molecule has 0 bridgehead atoms. The molecule has 1 amide bonds. The Hall–Kier alpha value is -4.96. The van der Waals surface area contributed by atoms with Gasteiger partial charge in [0.05, 0.1) is 25.9 Å². The maximum atomic E-state index is 13.4. The van der Waals surface area contributed by atoms with E-state index in [2.05, 4.69) is 16.7 Å². The van der Waals surface area contributed by atoms with Gasteiger partial charge in [-0.25, -0.2) is 0 Å². The normalized spacial score (nSPS) is 11.1. The summed E-state index contributed by atoms with van der Waals surface area (Å²) in [6.45, 7) is 0.724. The monoisotopic (exact) mass is 507 g/mol. The molecule has 0 aliphatic rings. The Kier molecular flexibility index (Phi) is 8.82. The minimum absolute atomic E-state index is 0.203.